The first kappa shape index (κ1) is 49.2. The van der Waals surface area contributed by atoms with Gasteiger partial charge < -0.3 is 34.0 Å². The first-order chi connectivity index (χ1) is 31.9. The number of rotatable bonds is 11. The minimum Gasteiger partial charge on any atom is -0.378 e. The van der Waals surface area contributed by atoms with Crippen molar-refractivity contribution in [3.8, 4) is 22.4 Å². The number of aromatic nitrogens is 2. The van der Waals surface area contributed by atoms with Gasteiger partial charge in [0.25, 0.3) is 5.91 Å². The van der Waals surface area contributed by atoms with Crippen molar-refractivity contribution in [1.29, 1.82) is 0 Å². The summed E-state index contributed by atoms with van der Waals surface area (Å²) < 4.78 is 14.7. The molecular formula is C53H69N7O7. The highest BCUT2D eigenvalue weighted by atomic mass is 16.5. The number of aryl methyl sites for hydroxylation is 1. The molecule has 6 atom stereocenters. The maximum absolute atomic E-state index is 14.9. The molecule has 6 bridgehead atoms. The lowest BCUT2D eigenvalue weighted by Gasteiger charge is -2.42. The Hall–Kier alpha value is -5.70. The van der Waals surface area contributed by atoms with Crippen LogP contribution in [0.1, 0.15) is 84.2 Å². The molecule has 14 heteroatoms. The van der Waals surface area contributed by atoms with E-state index in [-0.39, 0.29) is 49.3 Å². The second-order valence-corrected chi connectivity index (χ2v) is 20.1. The minimum absolute atomic E-state index is 0.0341. The van der Waals surface area contributed by atoms with Crippen LogP contribution < -0.4 is 10.7 Å². The number of ether oxygens (including phenoxy) is 2. The van der Waals surface area contributed by atoms with Gasteiger partial charge in [-0.05, 0) is 103 Å². The first-order valence-electron chi connectivity index (χ1n) is 23.8. The Morgan fingerprint density at radius 3 is 2.54 bits per heavy atom. The summed E-state index contributed by atoms with van der Waals surface area (Å²) in [4.78, 5) is 77.2. The van der Waals surface area contributed by atoms with Crippen molar-refractivity contribution in [3.63, 3.8) is 0 Å². The number of pyridine rings is 1. The van der Waals surface area contributed by atoms with Crippen LogP contribution in [0.15, 0.2) is 73.4 Å². The zero-order valence-electron chi connectivity index (χ0n) is 40.8. The van der Waals surface area contributed by atoms with Gasteiger partial charge in [-0.25, -0.2) is 5.43 Å². The van der Waals surface area contributed by atoms with Crippen molar-refractivity contribution in [2.75, 3.05) is 47.0 Å². The standard InChI is InChI=1S/C53H69N7O7/c1-11-45(62)58-28-34(5)42(29-58)50(64)57(9)47(33(3)4)49(63)55-43-25-36-16-13-17-37(24-36)38-19-20-44-40(26-38)41(48(59(44)12-2)39-18-14-22-54-46(39)35(6)66-10)27-52(7,8)31-67-32-53(30-61)21-15-23-60(56-53)51(43)65/h11,13-14,16-20,22,24,26,30,33-35,42-43,47,56H,1,12,15,21,23,25,27-29,31-32H2,2-10H3,(H,55,63)/t34-,35+,42-,43+,47+,53+/m1/s1. The predicted octanol–water partition coefficient (Wildman–Crippen LogP) is 6.55. The number of nitrogens with zero attached hydrogens (tertiary/aromatic N) is 5. The molecule has 0 saturated carbocycles. The van der Waals surface area contributed by atoms with E-state index in [4.69, 9.17) is 14.5 Å². The Bertz CT molecular complexity index is 2520. The number of amides is 4. The van der Waals surface area contributed by atoms with E-state index in [1.807, 2.05) is 45.9 Å². The van der Waals surface area contributed by atoms with Crippen LogP contribution in [0, 0.1) is 23.2 Å². The lowest BCUT2D eigenvalue weighted by atomic mass is 9.84. The fraction of sp³-hybridized carbons (Fsp3) is 0.509. The Morgan fingerprint density at radius 2 is 1.84 bits per heavy atom. The van der Waals surface area contributed by atoms with Crippen molar-refractivity contribution in [3.05, 3.63) is 90.3 Å². The molecule has 0 radical (unpaired) electrons. The molecule has 3 aliphatic rings. The summed E-state index contributed by atoms with van der Waals surface area (Å²) in [7, 11) is 3.32. The summed E-state index contributed by atoms with van der Waals surface area (Å²) in [6.07, 6.45) is 5.44. The Balaban J connectivity index is 1.30. The van der Waals surface area contributed by atoms with Crippen molar-refractivity contribution < 1.29 is 33.4 Å². The fourth-order valence-electron chi connectivity index (χ4n) is 10.5. The number of likely N-dealkylation sites (N-methyl/N-ethyl adjacent to an activating group) is 1. The van der Waals surface area contributed by atoms with E-state index in [9.17, 15) is 24.0 Å². The number of hydrogen-bond acceptors (Lipinski definition) is 9. The molecule has 4 amide bonds. The van der Waals surface area contributed by atoms with Gasteiger partial charge in [0.2, 0.25) is 17.7 Å². The van der Waals surface area contributed by atoms with Crippen LogP contribution in [0.5, 0.6) is 0 Å². The van der Waals surface area contributed by atoms with Crippen molar-refractivity contribution in [1.82, 2.24) is 35.1 Å². The second kappa shape index (κ2) is 20.3. The predicted molar refractivity (Wildman–Crippen MR) is 259 cm³/mol. The highest BCUT2D eigenvalue weighted by Gasteiger charge is 2.43. The Labute approximate surface area is 395 Å². The highest BCUT2D eigenvalue weighted by Crippen LogP contribution is 2.42. The molecule has 0 unspecified atom stereocenters. The summed E-state index contributed by atoms with van der Waals surface area (Å²) in [5.74, 6) is -2.29. The number of fused-ring (bicyclic) bond motifs is 6. The number of likely N-dealkylation sites (tertiary alicyclic amines) is 1. The minimum atomic E-state index is -1.19. The van der Waals surface area contributed by atoms with Gasteiger partial charge in [-0.1, -0.05) is 71.5 Å². The topological polar surface area (TPSA) is 155 Å². The van der Waals surface area contributed by atoms with Gasteiger partial charge in [-0.3, -0.25) is 29.2 Å². The van der Waals surface area contributed by atoms with Crippen molar-refractivity contribution in [2.24, 2.45) is 23.2 Å². The normalized spacial score (nSPS) is 23.1. The van der Waals surface area contributed by atoms with Crippen LogP contribution in [0.25, 0.3) is 33.3 Å². The van der Waals surface area contributed by atoms with Crippen LogP contribution in [0.2, 0.25) is 0 Å². The lowest BCUT2D eigenvalue weighted by molar-refractivity contribution is -0.149. The molecule has 0 aliphatic carbocycles. The molecule has 2 N–H and O–H groups in total. The number of carbonyl (C=O) groups is 5. The van der Waals surface area contributed by atoms with E-state index in [1.54, 1.807) is 25.3 Å². The molecule has 2 fully saturated rings. The molecule has 7 rings (SSSR count). The van der Waals surface area contributed by atoms with Crippen molar-refractivity contribution >= 4 is 40.8 Å². The van der Waals surface area contributed by atoms with Crippen LogP contribution in [0.4, 0.5) is 0 Å². The molecular weight excluding hydrogens is 847 g/mol. The zero-order chi connectivity index (χ0) is 48.4. The molecule has 5 heterocycles. The van der Waals surface area contributed by atoms with Gasteiger partial charge >= 0.3 is 0 Å². The summed E-state index contributed by atoms with van der Waals surface area (Å²) in [5, 5.41) is 5.65. The van der Waals surface area contributed by atoms with Crippen LogP contribution in [-0.4, -0.2) is 119 Å². The van der Waals surface area contributed by atoms with E-state index < -0.39 is 40.8 Å². The summed E-state index contributed by atoms with van der Waals surface area (Å²) >= 11 is 0. The molecule has 67 heavy (non-hydrogen) atoms. The van der Waals surface area contributed by atoms with Crippen LogP contribution >= 0.6 is 0 Å². The molecule has 0 spiro atoms. The van der Waals surface area contributed by atoms with Gasteiger partial charge in [0, 0.05) is 69.4 Å². The zero-order valence-corrected chi connectivity index (χ0v) is 40.8. The molecule has 3 aliphatic heterocycles. The molecule has 14 nitrogen and oxygen atoms in total. The van der Waals surface area contributed by atoms with Gasteiger partial charge in [-0.15, -0.1) is 0 Å². The van der Waals surface area contributed by atoms with Gasteiger partial charge in [0.05, 0.1) is 36.6 Å². The number of carbonyl (C=O) groups excluding carboxylic acids is 5. The third-order valence-electron chi connectivity index (χ3n) is 14.1. The van der Waals surface area contributed by atoms with E-state index in [0.29, 0.717) is 39.0 Å². The van der Waals surface area contributed by atoms with Crippen LogP contribution in [0.3, 0.4) is 0 Å². The Morgan fingerprint density at radius 1 is 1.07 bits per heavy atom. The van der Waals surface area contributed by atoms with Crippen LogP contribution in [-0.2, 0) is 52.8 Å². The summed E-state index contributed by atoms with van der Waals surface area (Å²) in [6.45, 7) is 19.8. The number of aldehydes is 1. The third-order valence-corrected chi connectivity index (χ3v) is 14.1. The molecule has 4 aromatic rings. The quantitative estimate of drug-likeness (QED) is 0.126. The number of hydrogen-bond donors (Lipinski definition) is 2. The van der Waals surface area contributed by atoms with Gasteiger partial charge in [0.15, 0.2) is 0 Å². The SMILES string of the molecule is C=CC(=O)N1C[C@@H](C)[C@H](C(=O)N(C)[C@H](C(=O)N[C@H]2Cc3cccc(c3)-c3ccc4c(c3)c(c(-c3cccnc3[C@H](C)OC)n4CC)CC(C)(C)COC[C@@]3(C=O)CCCN(N3)C2=O)C(C)C)C1. The van der Waals surface area contributed by atoms with E-state index in [0.717, 1.165) is 62.9 Å². The molecule has 2 saturated heterocycles. The Kier molecular flexibility index (Phi) is 14.9. The highest BCUT2D eigenvalue weighted by molar-refractivity contribution is 5.96. The van der Waals surface area contributed by atoms with Crippen molar-refractivity contribution in [2.45, 2.75) is 104 Å². The summed E-state index contributed by atoms with van der Waals surface area (Å²) in [5.41, 5.74) is 9.63. The fourth-order valence-corrected chi connectivity index (χ4v) is 10.5. The van der Waals surface area contributed by atoms with E-state index in [2.05, 4.69) is 79.1 Å². The monoisotopic (exact) mass is 916 g/mol. The van der Waals surface area contributed by atoms with E-state index in [1.165, 1.54) is 16.0 Å². The average molecular weight is 916 g/mol. The maximum atomic E-state index is 14.9. The second-order valence-electron chi connectivity index (χ2n) is 20.1. The number of methoxy groups -OCH3 is 1. The number of benzene rings is 2. The molecule has 2 aromatic heterocycles. The number of nitrogens with one attached hydrogen (secondary N) is 2. The smallest absolute Gasteiger partial charge is 0.259 e. The summed E-state index contributed by atoms with van der Waals surface area (Å²) in [6, 6.07) is 16.7. The maximum Gasteiger partial charge on any atom is 0.259 e. The lowest BCUT2D eigenvalue weighted by Crippen LogP contribution is -2.66. The van der Waals surface area contributed by atoms with Gasteiger partial charge in [-0.2, -0.15) is 0 Å². The number of hydrazine groups is 1. The average Bonchev–Trinajstić information content (AvgIpc) is 3.86. The molecule has 2 aromatic carbocycles. The van der Waals surface area contributed by atoms with Gasteiger partial charge in [0.1, 0.15) is 23.9 Å². The third kappa shape index (κ3) is 10.1. The first-order valence-corrected chi connectivity index (χ1v) is 23.8. The largest absolute Gasteiger partial charge is 0.378 e. The van der Waals surface area contributed by atoms with E-state index >= 15 is 0 Å². The molecule has 358 valence electrons.